The molecule has 0 radical (unpaired) electrons. The quantitative estimate of drug-likeness (QED) is 0.500. The van der Waals surface area contributed by atoms with Crippen LogP contribution in [-0.4, -0.2) is 5.78 Å². The molecule has 1 unspecified atom stereocenters. The second-order valence-corrected chi connectivity index (χ2v) is 3.91. The van der Waals surface area contributed by atoms with E-state index in [9.17, 15) is 4.79 Å². The number of hydrogen-bond donors (Lipinski definition) is 0. The van der Waals surface area contributed by atoms with Gasteiger partial charge in [-0.3, -0.25) is 4.79 Å². The zero-order valence-electron chi connectivity index (χ0n) is 7.47. The van der Waals surface area contributed by atoms with Crippen molar-refractivity contribution >= 4 is 5.78 Å². The summed E-state index contributed by atoms with van der Waals surface area (Å²) >= 11 is 0. The van der Waals surface area contributed by atoms with Crippen LogP contribution in [0.2, 0.25) is 0 Å². The SMILES string of the molecule is CC1=CCCCC12C=CC(=O)C2. The first-order valence-corrected chi connectivity index (χ1v) is 4.62. The van der Waals surface area contributed by atoms with Crippen molar-refractivity contribution in [1.29, 1.82) is 0 Å². The van der Waals surface area contributed by atoms with Crippen LogP contribution in [0.15, 0.2) is 23.8 Å². The summed E-state index contributed by atoms with van der Waals surface area (Å²) < 4.78 is 0. The molecule has 12 heavy (non-hydrogen) atoms. The zero-order valence-corrected chi connectivity index (χ0v) is 7.47. The van der Waals surface area contributed by atoms with E-state index in [4.69, 9.17) is 0 Å². The highest BCUT2D eigenvalue weighted by molar-refractivity contribution is 5.93. The van der Waals surface area contributed by atoms with Crippen molar-refractivity contribution in [2.24, 2.45) is 5.41 Å². The Bertz CT molecular complexity index is 273. The summed E-state index contributed by atoms with van der Waals surface area (Å²) in [6, 6.07) is 0. The average Bonchev–Trinajstić information content (AvgIpc) is 2.41. The van der Waals surface area contributed by atoms with Crippen LogP contribution in [0.5, 0.6) is 0 Å². The molecule has 1 heteroatoms. The lowest BCUT2D eigenvalue weighted by Gasteiger charge is -2.31. The van der Waals surface area contributed by atoms with Gasteiger partial charge in [0.15, 0.2) is 5.78 Å². The molecule has 0 saturated carbocycles. The molecule has 0 aliphatic heterocycles. The predicted molar refractivity (Wildman–Crippen MR) is 48.8 cm³/mol. The summed E-state index contributed by atoms with van der Waals surface area (Å²) in [5.74, 6) is 0.296. The summed E-state index contributed by atoms with van der Waals surface area (Å²) in [4.78, 5) is 11.1. The zero-order chi connectivity index (χ0) is 8.60. The van der Waals surface area contributed by atoms with Gasteiger partial charge in [0.05, 0.1) is 0 Å². The highest BCUT2D eigenvalue weighted by Crippen LogP contribution is 2.44. The molecule has 64 valence electrons. The minimum absolute atomic E-state index is 0.134. The third-order valence-corrected chi connectivity index (χ3v) is 3.14. The molecule has 0 N–H and O–H groups in total. The number of ketones is 1. The van der Waals surface area contributed by atoms with Crippen molar-refractivity contribution in [3.63, 3.8) is 0 Å². The van der Waals surface area contributed by atoms with Crippen LogP contribution >= 0.6 is 0 Å². The van der Waals surface area contributed by atoms with Gasteiger partial charge in [-0.2, -0.15) is 0 Å². The molecule has 0 saturated heterocycles. The van der Waals surface area contributed by atoms with Crippen LogP contribution < -0.4 is 0 Å². The summed E-state index contributed by atoms with van der Waals surface area (Å²) in [5.41, 5.74) is 1.53. The fourth-order valence-corrected chi connectivity index (χ4v) is 2.26. The molecule has 2 rings (SSSR count). The molecule has 0 aromatic rings. The van der Waals surface area contributed by atoms with Gasteiger partial charge >= 0.3 is 0 Å². The van der Waals surface area contributed by atoms with E-state index >= 15 is 0 Å². The Morgan fingerprint density at radius 2 is 2.33 bits per heavy atom. The average molecular weight is 162 g/mol. The molecule has 1 spiro atoms. The maximum Gasteiger partial charge on any atom is 0.156 e. The van der Waals surface area contributed by atoms with Gasteiger partial charge in [0.1, 0.15) is 0 Å². The van der Waals surface area contributed by atoms with Crippen molar-refractivity contribution in [3.05, 3.63) is 23.8 Å². The minimum Gasteiger partial charge on any atom is -0.295 e. The van der Waals surface area contributed by atoms with Gasteiger partial charge in [-0.05, 0) is 32.3 Å². The molecule has 0 fully saturated rings. The van der Waals surface area contributed by atoms with Crippen LogP contribution in [0.3, 0.4) is 0 Å². The van der Waals surface area contributed by atoms with E-state index in [-0.39, 0.29) is 5.41 Å². The Balaban J connectivity index is 2.32. The Kier molecular flexibility index (Phi) is 1.67. The van der Waals surface area contributed by atoms with E-state index in [0.29, 0.717) is 5.78 Å². The van der Waals surface area contributed by atoms with E-state index < -0.39 is 0 Å². The van der Waals surface area contributed by atoms with Gasteiger partial charge in [0.25, 0.3) is 0 Å². The Morgan fingerprint density at radius 1 is 1.50 bits per heavy atom. The van der Waals surface area contributed by atoms with E-state index in [1.54, 1.807) is 6.08 Å². The monoisotopic (exact) mass is 162 g/mol. The first-order chi connectivity index (χ1) is 5.73. The molecule has 0 bridgehead atoms. The van der Waals surface area contributed by atoms with Crippen LogP contribution in [-0.2, 0) is 4.79 Å². The maximum absolute atomic E-state index is 11.1. The molecule has 1 nitrogen and oxygen atoms in total. The van der Waals surface area contributed by atoms with Crippen molar-refractivity contribution in [2.75, 3.05) is 0 Å². The largest absolute Gasteiger partial charge is 0.295 e. The fraction of sp³-hybridized carbons (Fsp3) is 0.545. The third-order valence-electron chi connectivity index (χ3n) is 3.14. The summed E-state index contributed by atoms with van der Waals surface area (Å²) in [7, 11) is 0. The van der Waals surface area contributed by atoms with Gasteiger partial charge in [0, 0.05) is 11.8 Å². The van der Waals surface area contributed by atoms with Crippen molar-refractivity contribution < 1.29 is 4.79 Å². The highest BCUT2D eigenvalue weighted by atomic mass is 16.1. The molecule has 0 aromatic heterocycles. The fourth-order valence-electron chi connectivity index (χ4n) is 2.26. The standard InChI is InChI=1S/C11H14O/c1-9-4-2-3-6-11(9)7-5-10(12)8-11/h4-5,7H,2-3,6,8H2,1H3. The van der Waals surface area contributed by atoms with Crippen molar-refractivity contribution in [2.45, 2.75) is 32.6 Å². The molecule has 0 aromatic carbocycles. The normalized spacial score (nSPS) is 34.4. The van der Waals surface area contributed by atoms with Gasteiger partial charge in [-0.15, -0.1) is 0 Å². The lowest BCUT2D eigenvalue weighted by atomic mass is 9.73. The molecule has 0 amide bonds. The van der Waals surface area contributed by atoms with Crippen LogP contribution in [0.1, 0.15) is 32.6 Å². The van der Waals surface area contributed by atoms with E-state index in [0.717, 1.165) is 12.8 Å². The molecular formula is C11H14O. The van der Waals surface area contributed by atoms with Gasteiger partial charge in [0.2, 0.25) is 0 Å². The molecule has 2 aliphatic rings. The second-order valence-electron chi connectivity index (χ2n) is 3.91. The van der Waals surface area contributed by atoms with Crippen molar-refractivity contribution in [1.82, 2.24) is 0 Å². The molecule has 1 atom stereocenters. The summed E-state index contributed by atoms with van der Waals surface area (Å²) in [6.45, 7) is 2.15. The molecule has 0 heterocycles. The van der Waals surface area contributed by atoms with Gasteiger partial charge in [-0.25, -0.2) is 0 Å². The Labute approximate surface area is 73.2 Å². The third kappa shape index (κ3) is 1.04. The first-order valence-electron chi connectivity index (χ1n) is 4.62. The lowest BCUT2D eigenvalue weighted by Crippen LogP contribution is -2.21. The first kappa shape index (κ1) is 7.78. The minimum atomic E-state index is 0.134. The van der Waals surface area contributed by atoms with E-state index in [2.05, 4.69) is 19.1 Å². The van der Waals surface area contributed by atoms with Crippen LogP contribution in [0, 0.1) is 5.41 Å². The number of allylic oxidation sites excluding steroid dienone is 4. The lowest BCUT2D eigenvalue weighted by molar-refractivity contribution is -0.115. The van der Waals surface area contributed by atoms with Crippen molar-refractivity contribution in [3.8, 4) is 0 Å². The Hall–Kier alpha value is -0.850. The highest BCUT2D eigenvalue weighted by Gasteiger charge is 2.36. The second kappa shape index (κ2) is 2.58. The molecular weight excluding hydrogens is 148 g/mol. The topological polar surface area (TPSA) is 17.1 Å². The van der Waals surface area contributed by atoms with Crippen LogP contribution in [0.4, 0.5) is 0 Å². The predicted octanol–water partition coefficient (Wildman–Crippen LogP) is 2.63. The number of hydrogen-bond acceptors (Lipinski definition) is 1. The maximum atomic E-state index is 11.1. The molecule has 2 aliphatic carbocycles. The number of rotatable bonds is 0. The van der Waals surface area contributed by atoms with Gasteiger partial charge < -0.3 is 0 Å². The van der Waals surface area contributed by atoms with E-state index in [1.165, 1.54) is 18.4 Å². The smallest absolute Gasteiger partial charge is 0.156 e. The Morgan fingerprint density at radius 3 is 2.92 bits per heavy atom. The van der Waals surface area contributed by atoms with Crippen LogP contribution in [0.25, 0.3) is 0 Å². The number of carbonyl (C=O) groups excluding carboxylic acids is 1. The van der Waals surface area contributed by atoms with Gasteiger partial charge in [-0.1, -0.05) is 17.7 Å². The summed E-state index contributed by atoms with van der Waals surface area (Å²) in [5, 5.41) is 0. The summed E-state index contributed by atoms with van der Waals surface area (Å²) in [6.07, 6.45) is 10.5. The number of carbonyl (C=O) groups is 1. The van der Waals surface area contributed by atoms with E-state index in [1.807, 2.05) is 0 Å².